The Bertz CT molecular complexity index is 617. The zero-order chi connectivity index (χ0) is 13.1. The minimum atomic E-state index is -1.09. The molecule has 1 atom stereocenters. The highest BCUT2D eigenvalue weighted by Crippen LogP contribution is 2.25. The normalized spacial score (nSPS) is 12.1. The van der Waals surface area contributed by atoms with Gasteiger partial charge in [-0.05, 0) is 22.5 Å². The molecule has 0 saturated carbocycles. The third-order valence-corrected chi connectivity index (χ3v) is 2.55. The van der Waals surface area contributed by atoms with Crippen molar-refractivity contribution >= 4 is 22.8 Å². The lowest BCUT2D eigenvalue weighted by Gasteiger charge is -2.11. The third kappa shape index (κ3) is 1.88. The van der Waals surface area contributed by atoms with Crippen LogP contribution in [-0.2, 0) is 14.3 Å². The summed E-state index contributed by atoms with van der Waals surface area (Å²) in [6.45, 7) is 3.37. The summed E-state index contributed by atoms with van der Waals surface area (Å²) in [5.74, 6) is -2.23. The van der Waals surface area contributed by atoms with Crippen LogP contribution in [0.15, 0.2) is 35.5 Å². The first-order valence-electron chi connectivity index (χ1n) is 5.14. The van der Waals surface area contributed by atoms with Gasteiger partial charge in [0.15, 0.2) is 5.78 Å². The van der Waals surface area contributed by atoms with E-state index in [1.165, 1.54) is 7.11 Å². The Kier molecular flexibility index (Phi) is 3.18. The van der Waals surface area contributed by atoms with Gasteiger partial charge in [-0.25, -0.2) is 4.63 Å². The van der Waals surface area contributed by atoms with Crippen LogP contribution in [0.5, 0.6) is 0 Å². The molecular weight excluding hydrogens is 236 g/mol. The Morgan fingerprint density at radius 1 is 1.44 bits per heavy atom. The standard InChI is InChI=1S/C12H10N2O4/c1-3-9(15)10(12(16)17-2)7-5-4-6-8-11(7)14-18-13-8/h3-6,10H,1H2,2H3/t10-/m0/s1. The molecule has 0 N–H and O–H groups in total. The lowest BCUT2D eigenvalue weighted by atomic mass is 9.93. The molecule has 0 bridgehead atoms. The first-order valence-corrected chi connectivity index (χ1v) is 5.14. The fraction of sp³-hybridized carbons (Fsp3) is 0.167. The van der Waals surface area contributed by atoms with E-state index >= 15 is 0 Å². The second kappa shape index (κ2) is 4.79. The van der Waals surface area contributed by atoms with Crippen LogP contribution < -0.4 is 0 Å². The van der Waals surface area contributed by atoms with E-state index < -0.39 is 17.7 Å². The number of nitrogens with zero attached hydrogens (tertiary/aromatic N) is 2. The van der Waals surface area contributed by atoms with Gasteiger partial charge in [-0.2, -0.15) is 0 Å². The number of carbonyl (C=O) groups is 2. The molecule has 0 radical (unpaired) electrons. The van der Waals surface area contributed by atoms with Crippen LogP contribution in [0.1, 0.15) is 11.5 Å². The summed E-state index contributed by atoms with van der Waals surface area (Å²) in [4.78, 5) is 23.5. The molecule has 1 heterocycles. The number of fused-ring (bicyclic) bond motifs is 1. The second-order valence-corrected chi connectivity index (χ2v) is 3.54. The van der Waals surface area contributed by atoms with Crippen LogP contribution in [0, 0.1) is 0 Å². The molecule has 6 nitrogen and oxygen atoms in total. The fourth-order valence-corrected chi connectivity index (χ4v) is 1.69. The summed E-state index contributed by atoms with van der Waals surface area (Å²) >= 11 is 0. The number of rotatable bonds is 4. The van der Waals surface area contributed by atoms with Gasteiger partial charge in [-0.3, -0.25) is 9.59 Å². The summed E-state index contributed by atoms with van der Waals surface area (Å²) in [5, 5.41) is 7.35. The van der Waals surface area contributed by atoms with Crippen molar-refractivity contribution in [2.75, 3.05) is 7.11 Å². The predicted octanol–water partition coefficient (Wildman–Crippen LogP) is 1.23. The Labute approximate surface area is 102 Å². The maximum Gasteiger partial charge on any atom is 0.321 e. The van der Waals surface area contributed by atoms with E-state index in [4.69, 9.17) is 0 Å². The molecule has 0 spiro atoms. The molecule has 0 unspecified atom stereocenters. The van der Waals surface area contributed by atoms with Crippen molar-refractivity contribution in [3.05, 3.63) is 36.4 Å². The van der Waals surface area contributed by atoms with Crippen molar-refractivity contribution in [3.8, 4) is 0 Å². The topological polar surface area (TPSA) is 82.3 Å². The van der Waals surface area contributed by atoms with Gasteiger partial charge in [-0.1, -0.05) is 18.7 Å². The monoisotopic (exact) mass is 246 g/mol. The molecule has 0 fully saturated rings. The predicted molar refractivity (Wildman–Crippen MR) is 61.8 cm³/mol. The molecule has 6 heteroatoms. The minimum absolute atomic E-state index is 0.364. The van der Waals surface area contributed by atoms with Gasteiger partial charge in [0.1, 0.15) is 17.0 Å². The van der Waals surface area contributed by atoms with Gasteiger partial charge in [0, 0.05) is 5.56 Å². The molecule has 0 saturated heterocycles. The number of benzene rings is 1. The number of hydrogen-bond donors (Lipinski definition) is 0. The number of hydrogen-bond acceptors (Lipinski definition) is 6. The average Bonchev–Trinajstić information content (AvgIpc) is 2.87. The van der Waals surface area contributed by atoms with E-state index in [2.05, 4.69) is 26.3 Å². The van der Waals surface area contributed by atoms with E-state index in [0.29, 0.717) is 16.6 Å². The smallest absolute Gasteiger partial charge is 0.321 e. The van der Waals surface area contributed by atoms with E-state index in [-0.39, 0.29) is 0 Å². The first kappa shape index (κ1) is 12.0. The molecule has 1 aromatic carbocycles. The van der Waals surface area contributed by atoms with Gasteiger partial charge in [0.05, 0.1) is 7.11 Å². The van der Waals surface area contributed by atoms with Crippen LogP contribution in [0.3, 0.4) is 0 Å². The van der Waals surface area contributed by atoms with Gasteiger partial charge in [-0.15, -0.1) is 0 Å². The number of aromatic nitrogens is 2. The molecule has 18 heavy (non-hydrogen) atoms. The van der Waals surface area contributed by atoms with Crippen molar-refractivity contribution in [3.63, 3.8) is 0 Å². The lowest BCUT2D eigenvalue weighted by Crippen LogP contribution is -2.22. The van der Waals surface area contributed by atoms with Gasteiger partial charge >= 0.3 is 5.97 Å². The van der Waals surface area contributed by atoms with E-state index in [0.717, 1.165) is 6.08 Å². The summed E-state index contributed by atoms with van der Waals surface area (Å²) in [6.07, 6.45) is 1.08. The fourth-order valence-electron chi connectivity index (χ4n) is 1.69. The van der Waals surface area contributed by atoms with Crippen LogP contribution in [0.2, 0.25) is 0 Å². The first-order chi connectivity index (χ1) is 8.69. The van der Waals surface area contributed by atoms with Crippen LogP contribution >= 0.6 is 0 Å². The van der Waals surface area contributed by atoms with Crippen molar-refractivity contribution in [2.24, 2.45) is 0 Å². The SMILES string of the molecule is C=CC(=O)[C@@H](C(=O)OC)c1cccc2nonc12. The van der Waals surface area contributed by atoms with Gasteiger partial charge in [0.25, 0.3) is 0 Å². The number of ketones is 1. The number of carbonyl (C=O) groups excluding carboxylic acids is 2. The summed E-state index contributed by atoms with van der Waals surface area (Å²) in [7, 11) is 1.22. The molecule has 2 rings (SSSR count). The maximum absolute atomic E-state index is 11.8. The third-order valence-electron chi connectivity index (χ3n) is 2.55. The van der Waals surface area contributed by atoms with Gasteiger partial charge in [0.2, 0.25) is 0 Å². The highest BCUT2D eigenvalue weighted by molar-refractivity contribution is 6.11. The van der Waals surface area contributed by atoms with Crippen LogP contribution in [0.25, 0.3) is 11.0 Å². The quantitative estimate of drug-likeness (QED) is 0.458. The van der Waals surface area contributed by atoms with Crippen LogP contribution in [-0.4, -0.2) is 29.2 Å². The summed E-state index contributed by atoms with van der Waals surface area (Å²) < 4.78 is 9.22. The molecule has 0 amide bonds. The maximum atomic E-state index is 11.8. The van der Waals surface area contributed by atoms with Crippen molar-refractivity contribution in [1.82, 2.24) is 10.3 Å². The van der Waals surface area contributed by atoms with Crippen molar-refractivity contribution in [2.45, 2.75) is 5.92 Å². The summed E-state index contributed by atoms with van der Waals surface area (Å²) in [5.41, 5.74) is 1.23. The second-order valence-electron chi connectivity index (χ2n) is 3.54. The molecule has 0 aliphatic carbocycles. The van der Waals surface area contributed by atoms with Crippen molar-refractivity contribution < 1.29 is 19.0 Å². The van der Waals surface area contributed by atoms with E-state index in [9.17, 15) is 9.59 Å². The zero-order valence-electron chi connectivity index (χ0n) is 9.62. The average molecular weight is 246 g/mol. The molecular formula is C12H10N2O4. The number of esters is 1. The van der Waals surface area contributed by atoms with E-state index in [1.807, 2.05) is 0 Å². The zero-order valence-corrected chi connectivity index (χ0v) is 9.62. The van der Waals surface area contributed by atoms with E-state index in [1.54, 1.807) is 18.2 Å². The Morgan fingerprint density at radius 2 is 2.22 bits per heavy atom. The molecule has 92 valence electrons. The largest absolute Gasteiger partial charge is 0.468 e. The van der Waals surface area contributed by atoms with Crippen molar-refractivity contribution in [1.29, 1.82) is 0 Å². The minimum Gasteiger partial charge on any atom is -0.468 e. The molecule has 2 aromatic rings. The lowest BCUT2D eigenvalue weighted by molar-refractivity contribution is -0.144. The number of ether oxygens (including phenoxy) is 1. The Balaban J connectivity index is 2.60. The molecule has 1 aromatic heterocycles. The molecule has 0 aliphatic rings. The summed E-state index contributed by atoms with van der Waals surface area (Å²) in [6, 6.07) is 4.94. The Morgan fingerprint density at radius 3 is 2.89 bits per heavy atom. The number of methoxy groups -OCH3 is 1. The molecule has 0 aliphatic heterocycles. The van der Waals surface area contributed by atoms with Crippen LogP contribution in [0.4, 0.5) is 0 Å². The highest BCUT2D eigenvalue weighted by atomic mass is 16.6. The highest BCUT2D eigenvalue weighted by Gasteiger charge is 2.30. The number of allylic oxidation sites excluding steroid dienone is 1. The van der Waals surface area contributed by atoms with Gasteiger partial charge < -0.3 is 4.74 Å². The Hall–Kier alpha value is -2.50.